The summed E-state index contributed by atoms with van der Waals surface area (Å²) >= 11 is 0. The number of anilines is 3. The Labute approximate surface area is 167 Å². The molecule has 0 unspecified atom stereocenters. The number of halogens is 2. The largest absolute Gasteiger partial charge is 0.487 e. The zero-order chi connectivity index (χ0) is 21.0. The number of amides is 1. The monoisotopic (exact) mass is 407 g/mol. The molecule has 156 valence electrons. The summed E-state index contributed by atoms with van der Waals surface area (Å²) in [6, 6.07) is 3.20. The van der Waals surface area contributed by atoms with Crippen LogP contribution >= 0.6 is 0 Å². The molecule has 2 N–H and O–H groups in total. The lowest BCUT2D eigenvalue weighted by Gasteiger charge is -2.16. The molecule has 29 heavy (non-hydrogen) atoms. The van der Waals surface area contributed by atoms with Gasteiger partial charge in [-0.1, -0.05) is 0 Å². The highest BCUT2D eigenvalue weighted by Gasteiger charge is 2.33. The molecule has 0 aromatic carbocycles. The van der Waals surface area contributed by atoms with Gasteiger partial charge < -0.3 is 20.1 Å². The van der Waals surface area contributed by atoms with Crippen LogP contribution in [0.2, 0.25) is 0 Å². The molecule has 2 heterocycles. The predicted octanol–water partition coefficient (Wildman–Crippen LogP) is 3.59. The predicted molar refractivity (Wildman–Crippen MR) is 103 cm³/mol. The Morgan fingerprint density at radius 3 is 2.62 bits per heavy atom. The number of carbonyl (C=O) groups is 1. The molecule has 0 saturated heterocycles. The van der Waals surface area contributed by atoms with Crippen LogP contribution < -0.4 is 15.4 Å². The van der Waals surface area contributed by atoms with Crippen LogP contribution in [0.15, 0.2) is 18.3 Å². The van der Waals surface area contributed by atoms with Crippen molar-refractivity contribution in [2.75, 3.05) is 31.0 Å². The van der Waals surface area contributed by atoms with Gasteiger partial charge in [-0.05, 0) is 12.8 Å². The Hall–Kier alpha value is -2.88. The smallest absolute Gasteiger partial charge is 0.303 e. The van der Waals surface area contributed by atoms with Crippen molar-refractivity contribution < 1.29 is 23.0 Å². The molecule has 10 heteroatoms. The van der Waals surface area contributed by atoms with Crippen molar-refractivity contribution in [3.8, 4) is 5.75 Å². The van der Waals surface area contributed by atoms with E-state index in [0.717, 1.165) is 19.8 Å². The van der Waals surface area contributed by atoms with E-state index in [1.165, 1.54) is 13.1 Å². The minimum absolute atomic E-state index is 0.171. The van der Waals surface area contributed by atoms with Gasteiger partial charge in [0.05, 0.1) is 18.5 Å². The lowest BCUT2D eigenvalue weighted by Crippen LogP contribution is -2.15. The van der Waals surface area contributed by atoms with E-state index in [1.54, 1.807) is 19.2 Å². The molecule has 0 atom stereocenters. The molecule has 2 aromatic rings. The molecule has 2 aromatic heterocycles. The third-order valence-corrected chi connectivity index (χ3v) is 4.11. The Balaban J connectivity index is 1.94. The molecule has 3 rings (SSSR count). The van der Waals surface area contributed by atoms with Gasteiger partial charge in [0.2, 0.25) is 11.7 Å². The highest BCUT2D eigenvalue weighted by molar-refractivity contribution is 5.88. The third-order valence-electron chi connectivity index (χ3n) is 4.11. The summed E-state index contributed by atoms with van der Waals surface area (Å²) in [5.74, 6) is -2.95. The molecule has 1 aliphatic rings. The van der Waals surface area contributed by atoms with Crippen LogP contribution in [0, 0.1) is 0 Å². The molecular weight excluding hydrogens is 384 g/mol. The number of methoxy groups -OCH3 is 1. The SMILES string of the molecule is COCCOc1cnc(NC(C)=O)cc1Nc1cc(C2CC2)nc(C(C)(F)F)n1. The van der Waals surface area contributed by atoms with E-state index in [-0.39, 0.29) is 30.1 Å². The fourth-order valence-corrected chi connectivity index (χ4v) is 2.59. The first-order chi connectivity index (χ1) is 13.8. The molecule has 1 saturated carbocycles. The lowest BCUT2D eigenvalue weighted by molar-refractivity contribution is -0.114. The number of hydrogen-bond acceptors (Lipinski definition) is 7. The fraction of sp³-hybridized carbons (Fsp3) is 0.474. The summed E-state index contributed by atoms with van der Waals surface area (Å²) in [5, 5.41) is 5.58. The molecule has 1 aliphatic carbocycles. The highest BCUT2D eigenvalue weighted by Crippen LogP contribution is 2.41. The normalized spacial score (nSPS) is 13.8. The number of pyridine rings is 1. The van der Waals surface area contributed by atoms with Crippen molar-refractivity contribution in [3.05, 3.63) is 29.8 Å². The number of ether oxygens (including phenoxy) is 2. The third kappa shape index (κ3) is 5.80. The van der Waals surface area contributed by atoms with Crippen LogP contribution in [0.5, 0.6) is 5.75 Å². The van der Waals surface area contributed by atoms with Crippen LogP contribution in [-0.2, 0) is 15.5 Å². The van der Waals surface area contributed by atoms with Gasteiger partial charge in [-0.3, -0.25) is 4.79 Å². The fourth-order valence-electron chi connectivity index (χ4n) is 2.59. The molecule has 0 aliphatic heterocycles. The van der Waals surface area contributed by atoms with Crippen LogP contribution in [0.4, 0.5) is 26.1 Å². The molecule has 0 spiro atoms. The Bertz CT molecular complexity index is 885. The van der Waals surface area contributed by atoms with E-state index >= 15 is 0 Å². The van der Waals surface area contributed by atoms with E-state index in [1.807, 2.05) is 0 Å². The summed E-state index contributed by atoms with van der Waals surface area (Å²) < 4.78 is 38.4. The number of hydrogen-bond donors (Lipinski definition) is 2. The van der Waals surface area contributed by atoms with Gasteiger partial charge >= 0.3 is 5.92 Å². The van der Waals surface area contributed by atoms with Crippen LogP contribution in [0.25, 0.3) is 0 Å². The van der Waals surface area contributed by atoms with E-state index in [2.05, 4.69) is 25.6 Å². The summed E-state index contributed by atoms with van der Waals surface area (Å²) in [7, 11) is 1.55. The van der Waals surface area contributed by atoms with Crippen molar-refractivity contribution >= 4 is 23.2 Å². The van der Waals surface area contributed by atoms with Crippen LogP contribution in [-0.4, -0.2) is 41.2 Å². The maximum absolute atomic E-state index is 13.9. The maximum Gasteiger partial charge on any atom is 0.303 e. The standard InChI is InChI=1S/C19H23F2N5O3/c1-11(27)23-16-9-14(15(10-22-16)29-7-6-28-3)24-17-8-13(12-4-5-12)25-18(26-17)19(2,20)21/h8-10,12H,4-7H2,1-3H3,(H2,22,23,24,25,26,27). The second-order valence-electron chi connectivity index (χ2n) is 6.88. The maximum atomic E-state index is 13.9. The first-order valence-corrected chi connectivity index (χ1v) is 9.20. The van der Waals surface area contributed by atoms with E-state index in [4.69, 9.17) is 9.47 Å². The Morgan fingerprint density at radius 2 is 2.00 bits per heavy atom. The highest BCUT2D eigenvalue weighted by atomic mass is 19.3. The number of rotatable bonds is 9. The van der Waals surface area contributed by atoms with Gasteiger partial charge in [0.15, 0.2) is 5.75 Å². The second-order valence-corrected chi connectivity index (χ2v) is 6.88. The molecule has 0 radical (unpaired) electrons. The van der Waals surface area contributed by atoms with Gasteiger partial charge in [0.1, 0.15) is 18.2 Å². The topological polar surface area (TPSA) is 98.3 Å². The van der Waals surface area contributed by atoms with Crippen LogP contribution in [0.1, 0.15) is 44.1 Å². The van der Waals surface area contributed by atoms with Crippen molar-refractivity contribution in [1.29, 1.82) is 0 Å². The van der Waals surface area contributed by atoms with Crippen molar-refractivity contribution in [2.45, 2.75) is 38.5 Å². The average molecular weight is 407 g/mol. The molecule has 0 bridgehead atoms. The van der Waals surface area contributed by atoms with Crippen molar-refractivity contribution in [1.82, 2.24) is 15.0 Å². The molecule has 1 fully saturated rings. The minimum atomic E-state index is -3.17. The molecule has 8 nitrogen and oxygen atoms in total. The average Bonchev–Trinajstić information content (AvgIpc) is 3.47. The van der Waals surface area contributed by atoms with E-state index in [0.29, 0.717) is 23.7 Å². The number of nitrogens with zero attached hydrogens (tertiary/aromatic N) is 3. The zero-order valence-electron chi connectivity index (χ0n) is 16.5. The first kappa shape index (κ1) is 20.8. The second kappa shape index (κ2) is 8.64. The number of alkyl halides is 2. The number of carbonyl (C=O) groups excluding carboxylic acids is 1. The summed E-state index contributed by atoms with van der Waals surface area (Å²) in [5.41, 5.74) is 1.00. The van der Waals surface area contributed by atoms with Gasteiger partial charge in [0, 0.05) is 44.7 Å². The summed E-state index contributed by atoms with van der Waals surface area (Å²) in [6.45, 7) is 2.75. The Kier molecular flexibility index (Phi) is 6.21. The molecule has 1 amide bonds. The van der Waals surface area contributed by atoms with Crippen molar-refractivity contribution in [3.63, 3.8) is 0 Å². The first-order valence-electron chi connectivity index (χ1n) is 9.20. The quantitative estimate of drug-likeness (QED) is 0.613. The summed E-state index contributed by atoms with van der Waals surface area (Å²) in [6.07, 6.45) is 3.26. The number of aromatic nitrogens is 3. The van der Waals surface area contributed by atoms with E-state index in [9.17, 15) is 13.6 Å². The number of nitrogens with one attached hydrogen (secondary N) is 2. The molecular formula is C19H23F2N5O3. The van der Waals surface area contributed by atoms with Gasteiger partial charge in [0.25, 0.3) is 0 Å². The van der Waals surface area contributed by atoms with Crippen molar-refractivity contribution in [2.24, 2.45) is 0 Å². The minimum Gasteiger partial charge on any atom is -0.487 e. The Morgan fingerprint density at radius 1 is 1.24 bits per heavy atom. The zero-order valence-corrected chi connectivity index (χ0v) is 16.5. The van der Waals surface area contributed by atoms with E-state index < -0.39 is 11.7 Å². The lowest BCUT2D eigenvalue weighted by atomic mass is 10.2. The van der Waals surface area contributed by atoms with Gasteiger partial charge in [-0.15, -0.1) is 0 Å². The van der Waals surface area contributed by atoms with Gasteiger partial charge in [-0.25, -0.2) is 15.0 Å². The van der Waals surface area contributed by atoms with Gasteiger partial charge in [-0.2, -0.15) is 8.78 Å². The summed E-state index contributed by atoms with van der Waals surface area (Å²) in [4.78, 5) is 23.5. The van der Waals surface area contributed by atoms with Crippen LogP contribution in [0.3, 0.4) is 0 Å².